The van der Waals surface area contributed by atoms with Gasteiger partial charge >= 0.3 is 0 Å². The van der Waals surface area contributed by atoms with Gasteiger partial charge in [0.2, 0.25) is 0 Å². The van der Waals surface area contributed by atoms with Crippen LogP contribution in [0.3, 0.4) is 0 Å². The van der Waals surface area contributed by atoms with Gasteiger partial charge in [-0.15, -0.1) is 0 Å². The molecule has 20 heavy (non-hydrogen) atoms. The molecule has 1 fully saturated rings. The second-order valence-corrected chi connectivity index (χ2v) is 6.82. The molecule has 2 rings (SSSR count). The smallest absolute Gasteiger partial charge is 0.0733 e. The van der Waals surface area contributed by atoms with Crippen molar-refractivity contribution < 1.29 is 4.74 Å². The van der Waals surface area contributed by atoms with Crippen molar-refractivity contribution in [2.24, 2.45) is 11.8 Å². The van der Waals surface area contributed by atoms with Gasteiger partial charge in [-0.25, -0.2) is 0 Å². The van der Waals surface area contributed by atoms with Crippen LogP contribution in [0.5, 0.6) is 0 Å². The normalized spacial score (nSPS) is 27.2. The van der Waals surface area contributed by atoms with Gasteiger partial charge < -0.3 is 10.1 Å². The summed E-state index contributed by atoms with van der Waals surface area (Å²) in [6, 6.07) is 11.6. The lowest BCUT2D eigenvalue weighted by Crippen LogP contribution is -2.57. The van der Waals surface area contributed by atoms with E-state index >= 15 is 0 Å². The minimum absolute atomic E-state index is 0.363. The average molecular weight is 275 g/mol. The number of hydrogen-bond donors (Lipinski definition) is 1. The van der Waals surface area contributed by atoms with Crippen molar-refractivity contribution in [2.75, 3.05) is 6.61 Å². The van der Waals surface area contributed by atoms with E-state index in [0.29, 0.717) is 30.0 Å². The van der Waals surface area contributed by atoms with Crippen LogP contribution < -0.4 is 5.32 Å². The first-order chi connectivity index (χ1) is 9.56. The van der Waals surface area contributed by atoms with Gasteiger partial charge in [-0.3, -0.25) is 0 Å². The van der Waals surface area contributed by atoms with E-state index in [4.69, 9.17) is 4.74 Å². The molecule has 1 aromatic rings. The zero-order valence-electron chi connectivity index (χ0n) is 13.3. The van der Waals surface area contributed by atoms with Gasteiger partial charge in [-0.2, -0.15) is 0 Å². The van der Waals surface area contributed by atoms with Gasteiger partial charge in [0.05, 0.1) is 12.7 Å². The lowest BCUT2D eigenvalue weighted by molar-refractivity contribution is -0.0488. The summed E-state index contributed by atoms with van der Waals surface area (Å²) in [5.41, 5.74) is 1.39. The summed E-state index contributed by atoms with van der Waals surface area (Å²) in [4.78, 5) is 0. The van der Waals surface area contributed by atoms with Crippen molar-refractivity contribution in [2.45, 2.75) is 58.7 Å². The van der Waals surface area contributed by atoms with Crippen LogP contribution in [0.15, 0.2) is 30.3 Å². The highest BCUT2D eigenvalue weighted by atomic mass is 16.5. The minimum atomic E-state index is 0.363. The first-order valence-electron chi connectivity index (χ1n) is 7.98. The maximum Gasteiger partial charge on any atom is 0.0733 e. The van der Waals surface area contributed by atoms with Crippen LogP contribution in [-0.4, -0.2) is 24.8 Å². The molecule has 1 saturated heterocycles. The maximum absolute atomic E-state index is 6.19. The largest absolute Gasteiger partial charge is 0.375 e. The summed E-state index contributed by atoms with van der Waals surface area (Å²) in [5.74, 6) is 1.30. The molecule has 0 bridgehead atoms. The second kappa shape index (κ2) is 7.24. The molecule has 0 aromatic heterocycles. The van der Waals surface area contributed by atoms with E-state index in [1.165, 1.54) is 5.56 Å². The third-order valence-corrected chi connectivity index (χ3v) is 4.09. The fourth-order valence-electron chi connectivity index (χ4n) is 3.09. The summed E-state index contributed by atoms with van der Waals surface area (Å²) in [5, 5.41) is 3.83. The molecule has 3 atom stereocenters. The Kier molecular flexibility index (Phi) is 5.62. The molecule has 1 N–H and O–H groups in total. The van der Waals surface area contributed by atoms with E-state index in [2.05, 4.69) is 63.3 Å². The van der Waals surface area contributed by atoms with Crippen molar-refractivity contribution in [1.29, 1.82) is 0 Å². The third-order valence-electron chi connectivity index (χ3n) is 4.09. The summed E-state index contributed by atoms with van der Waals surface area (Å²) < 4.78 is 6.19. The molecule has 0 amide bonds. The Bertz CT molecular complexity index is 388. The van der Waals surface area contributed by atoms with Crippen molar-refractivity contribution >= 4 is 0 Å². The molecule has 2 heteroatoms. The molecule has 1 aromatic carbocycles. The molecule has 2 nitrogen and oxygen atoms in total. The standard InChI is InChI=1S/C18H29NO/c1-13(2)10-17-18(14(3)4)19-16(12-20-17)11-15-8-6-5-7-9-15/h5-9,13-14,16-19H,10-12H2,1-4H3. The van der Waals surface area contributed by atoms with Crippen LogP contribution in [0.4, 0.5) is 0 Å². The van der Waals surface area contributed by atoms with Crippen LogP contribution in [-0.2, 0) is 11.2 Å². The SMILES string of the molecule is CC(C)CC1OCC(Cc2ccccc2)NC1C(C)C. The van der Waals surface area contributed by atoms with Crippen molar-refractivity contribution in [3.8, 4) is 0 Å². The number of rotatable bonds is 5. The molecule has 1 heterocycles. The molecule has 112 valence electrons. The van der Waals surface area contributed by atoms with E-state index < -0.39 is 0 Å². The van der Waals surface area contributed by atoms with Crippen molar-refractivity contribution in [3.05, 3.63) is 35.9 Å². The van der Waals surface area contributed by atoms with Gasteiger partial charge in [-0.1, -0.05) is 58.0 Å². The quantitative estimate of drug-likeness (QED) is 0.885. The van der Waals surface area contributed by atoms with Crippen LogP contribution in [0.25, 0.3) is 0 Å². The molecule has 0 radical (unpaired) electrons. The predicted octanol–water partition coefficient (Wildman–Crippen LogP) is 3.66. The van der Waals surface area contributed by atoms with Crippen LogP contribution >= 0.6 is 0 Å². The first kappa shape index (κ1) is 15.5. The summed E-state index contributed by atoms with van der Waals surface area (Å²) in [6.07, 6.45) is 2.56. The Morgan fingerprint density at radius 1 is 1.15 bits per heavy atom. The molecular weight excluding hydrogens is 246 g/mol. The predicted molar refractivity (Wildman–Crippen MR) is 84.9 cm³/mol. The number of morpholine rings is 1. The minimum Gasteiger partial charge on any atom is -0.375 e. The highest BCUT2D eigenvalue weighted by molar-refractivity contribution is 5.16. The topological polar surface area (TPSA) is 21.3 Å². The van der Waals surface area contributed by atoms with Gasteiger partial charge in [0.15, 0.2) is 0 Å². The van der Waals surface area contributed by atoms with Gasteiger partial charge in [0.25, 0.3) is 0 Å². The highest BCUT2D eigenvalue weighted by Gasteiger charge is 2.32. The number of hydrogen-bond acceptors (Lipinski definition) is 2. The van der Waals surface area contributed by atoms with E-state index in [-0.39, 0.29) is 0 Å². The van der Waals surface area contributed by atoms with E-state index in [1.807, 2.05) is 0 Å². The zero-order chi connectivity index (χ0) is 14.5. The van der Waals surface area contributed by atoms with Crippen molar-refractivity contribution in [3.63, 3.8) is 0 Å². The van der Waals surface area contributed by atoms with Gasteiger partial charge in [-0.05, 0) is 30.2 Å². The molecule has 3 unspecified atom stereocenters. The third kappa shape index (κ3) is 4.32. The first-order valence-corrected chi connectivity index (χ1v) is 7.98. The Balaban J connectivity index is 1.96. The maximum atomic E-state index is 6.19. The van der Waals surface area contributed by atoms with Crippen LogP contribution in [0.2, 0.25) is 0 Å². The summed E-state index contributed by atoms with van der Waals surface area (Å²) in [6.45, 7) is 9.96. The Morgan fingerprint density at radius 2 is 1.85 bits per heavy atom. The lowest BCUT2D eigenvalue weighted by Gasteiger charge is -2.40. The summed E-state index contributed by atoms with van der Waals surface area (Å²) in [7, 11) is 0. The highest BCUT2D eigenvalue weighted by Crippen LogP contribution is 2.22. The number of benzene rings is 1. The summed E-state index contributed by atoms with van der Waals surface area (Å²) >= 11 is 0. The zero-order valence-corrected chi connectivity index (χ0v) is 13.3. The molecule has 1 aliphatic heterocycles. The monoisotopic (exact) mass is 275 g/mol. The van der Waals surface area contributed by atoms with Gasteiger partial charge in [0.1, 0.15) is 0 Å². The fraction of sp³-hybridized carbons (Fsp3) is 0.667. The molecule has 1 aliphatic rings. The van der Waals surface area contributed by atoms with Gasteiger partial charge in [0, 0.05) is 12.1 Å². The van der Waals surface area contributed by atoms with Crippen LogP contribution in [0, 0.1) is 11.8 Å². The number of ether oxygens (including phenoxy) is 1. The van der Waals surface area contributed by atoms with Crippen LogP contribution in [0.1, 0.15) is 39.7 Å². The molecule has 0 spiro atoms. The Labute approximate surface area is 123 Å². The Hall–Kier alpha value is -0.860. The Morgan fingerprint density at radius 3 is 2.45 bits per heavy atom. The average Bonchev–Trinajstić information content (AvgIpc) is 2.41. The number of nitrogens with one attached hydrogen (secondary N) is 1. The van der Waals surface area contributed by atoms with E-state index in [1.54, 1.807) is 0 Å². The lowest BCUT2D eigenvalue weighted by atomic mass is 9.89. The van der Waals surface area contributed by atoms with E-state index in [0.717, 1.165) is 19.4 Å². The van der Waals surface area contributed by atoms with E-state index in [9.17, 15) is 0 Å². The van der Waals surface area contributed by atoms with Crippen molar-refractivity contribution in [1.82, 2.24) is 5.32 Å². The molecular formula is C18H29NO. The fourth-order valence-corrected chi connectivity index (χ4v) is 3.09. The molecule has 0 aliphatic carbocycles. The molecule has 0 saturated carbocycles. The second-order valence-electron chi connectivity index (χ2n) is 6.82.